The van der Waals surface area contributed by atoms with E-state index >= 15 is 0 Å². The lowest BCUT2D eigenvalue weighted by Gasteiger charge is -2.44. The molecule has 1 heterocycles. The molecule has 6 nitrogen and oxygen atoms in total. The van der Waals surface area contributed by atoms with Crippen LogP contribution in [0.15, 0.2) is 0 Å². The maximum Gasteiger partial charge on any atom is 0.122 e. The maximum absolute atomic E-state index is 11.9. The summed E-state index contributed by atoms with van der Waals surface area (Å²) in [6.07, 6.45) is 5.40. The van der Waals surface area contributed by atoms with Crippen LogP contribution >= 0.6 is 0 Å². The van der Waals surface area contributed by atoms with Gasteiger partial charge in [-0.25, -0.2) is 0 Å². The smallest absolute Gasteiger partial charge is 0.122 e. The molecule has 0 spiro atoms. The predicted molar refractivity (Wildman–Crippen MR) is 242 cm³/mol. The van der Waals surface area contributed by atoms with Crippen LogP contribution in [0.4, 0.5) is 0 Å². The zero-order chi connectivity index (χ0) is 43.1. The number of benzene rings is 3. The Morgan fingerprint density at radius 1 is 0.351 bits per heavy atom. The standard InChI is InChI=1S/C51H81N3O3/c1-19-34-37(22-4)43(49(10,11)12)46(55)31(7)40(34)25-52-28-53(26-41-32(8)47(56)44(50(13,14)15)38(23-5)35(41)20-2)30-54(29-52)27-42-33(9)48(57)45(51(16,17)18)39(24-6)36(42)21-3/h55-57H,19-30H2,1-18H3. The van der Waals surface area contributed by atoms with Crippen molar-refractivity contribution < 1.29 is 15.3 Å². The maximum atomic E-state index is 11.9. The summed E-state index contributed by atoms with van der Waals surface area (Å²) in [7, 11) is 0. The average Bonchev–Trinajstić information content (AvgIpc) is 3.11. The van der Waals surface area contributed by atoms with Gasteiger partial charge in [-0.1, -0.05) is 104 Å². The molecule has 3 aromatic rings. The van der Waals surface area contributed by atoms with E-state index in [0.29, 0.717) is 17.2 Å². The van der Waals surface area contributed by atoms with Gasteiger partial charge in [-0.3, -0.25) is 14.7 Å². The van der Waals surface area contributed by atoms with Gasteiger partial charge in [0.05, 0.1) is 20.0 Å². The van der Waals surface area contributed by atoms with Crippen LogP contribution < -0.4 is 0 Å². The van der Waals surface area contributed by atoms with Crippen molar-refractivity contribution in [3.63, 3.8) is 0 Å². The molecule has 1 aliphatic heterocycles. The zero-order valence-corrected chi connectivity index (χ0v) is 39.7. The van der Waals surface area contributed by atoms with Crippen LogP contribution in [0.3, 0.4) is 0 Å². The van der Waals surface area contributed by atoms with Gasteiger partial charge in [0.15, 0.2) is 0 Å². The summed E-state index contributed by atoms with van der Waals surface area (Å²) in [6, 6.07) is 0. The highest BCUT2D eigenvalue weighted by Gasteiger charge is 2.34. The molecule has 0 amide bonds. The number of hydrogen-bond donors (Lipinski definition) is 3. The van der Waals surface area contributed by atoms with Crippen LogP contribution in [0.5, 0.6) is 17.2 Å². The highest BCUT2D eigenvalue weighted by Crippen LogP contribution is 2.45. The molecule has 0 aromatic heterocycles. The molecule has 57 heavy (non-hydrogen) atoms. The molecule has 0 bridgehead atoms. The monoisotopic (exact) mass is 784 g/mol. The van der Waals surface area contributed by atoms with Gasteiger partial charge in [-0.2, -0.15) is 0 Å². The van der Waals surface area contributed by atoms with E-state index in [1.165, 1.54) is 50.1 Å². The van der Waals surface area contributed by atoms with Crippen LogP contribution in [-0.4, -0.2) is 50.0 Å². The summed E-state index contributed by atoms with van der Waals surface area (Å²) in [5.41, 5.74) is 17.5. The fraction of sp³-hybridized carbons (Fsp3) is 0.647. The van der Waals surface area contributed by atoms with Crippen molar-refractivity contribution in [3.8, 4) is 17.2 Å². The summed E-state index contributed by atoms with van der Waals surface area (Å²) in [5, 5.41) is 35.6. The van der Waals surface area contributed by atoms with Crippen LogP contribution in [-0.2, 0) is 74.4 Å². The van der Waals surface area contributed by atoms with Crippen molar-refractivity contribution in [1.29, 1.82) is 0 Å². The van der Waals surface area contributed by atoms with Crippen LogP contribution in [0.2, 0.25) is 0 Å². The first kappa shape index (κ1) is 46.6. The molecule has 1 aliphatic rings. The van der Waals surface area contributed by atoms with E-state index in [4.69, 9.17) is 0 Å². The third-order valence-corrected chi connectivity index (χ3v) is 12.9. The Morgan fingerprint density at radius 3 is 0.702 bits per heavy atom. The van der Waals surface area contributed by atoms with E-state index in [1.54, 1.807) is 0 Å². The third-order valence-electron chi connectivity index (χ3n) is 12.9. The van der Waals surface area contributed by atoms with Gasteiger partial charge in [-0.05, 0) is 142 Å². The first-order chi connectivity index (χ1) is 26.4. The summed E-state index contributed by atoms with van der Waals surface area (Å²) in [5.74, 6) is 1.35. The Kier molecular flexibility index (Phi) is 14.4. The zero-order valence-electron chi connectivity index (χ0n) is 39.7. The Bertz CT molecular complexity index is 1710. The molecule has 0 unspecified atom stereocenters. The first-order valence-electron chi connectivity index (χ1n) is 22.2. The Morgan fingerprint density at radius 2 is 0.544 bits per heavy atom. The molecule has 318 valence electrons. The van der Waals surface area contributed by atoms with Gasteiger partial charge in [0, 0.05) is 36.3 Å². The minimum atomic E-state index is -0.165. The van der Waals surface area contributed by atoms with Gasteiger partial charge < -0.3 is 15.3 Å². The van der Waals surface area contributed by atoms with E-state index in [1.807, 2.05) is 0 Å². The van der Waals surface area contributed by atoms with Crippen molar-refractivity contribution in [1.82, 2.24) is 14.7 Å². The molecule has 6 heteroatoms. The van der Waals surface area contributed by atoms with Gasteiger partial charge in [0.1, 0.15) is 17.2 Å². The molecule has 3 N–H and O–H groups in total. The second kappa shape index (κ2) is 17.7. The molecule has 0 aliphatic carbocycles. The Hall–Kier alpha value is -3.06. The van der Waals surface area contributed by atoms with E-state index < -0.39 is 0 Å². The molecule has 0 atom stereocenters. The van der Waals surface area contributed by atoms with Crippen molar-refractivity contribution in [2.45, 2.75) is 199 Å². The Balaban J connectivity index is 1.92. The van der Waals surface area contributed by atoms with Gasteiger partial charge >= 0.3 is 0 Å². The molecular formula is C51H81N3O3. The molecule has 0 saturated carbocycles. The summed E-state index contributed by atoms with van der Waals surface area (Å²) >= 11 is 0. The van der Waals surface area contributed by atoms with E-state index in [0.717, 1.165) is 112 Å². The van der Waals surface area contributed by atoms with E-state index in [9.17, 15) is 15.3 Å². The van der Waals surface area contributed by atoms with Crippen LogP contribution in [0.25, 0.3) is 0 Å². The van der Waals surface area contributed by atoms with Crippen LogP contribution in [0.1, 0.15) is 187 Å². The number of hydrogen-bond acceptors (Lipinski definition) is 6. The number of phenolic OH excluding ortho intramolecular Hbond substituents is 3. The SMILES string of the molecule is CCc1c(CN2CN(Cc3c(C)c(O)c(C(C)(C)C)c(CC)c3CC)CN(Cc3c(C)c(O)c(C(C)(C)C)c(CC)c3CC)C2)c(C)c(O)c(C(C)(C)C)c1CC. The fourth-order valence-corrected chi connectivity index (χ4v) is 10.6. The quantitative estimate of drug-likeness (QED) is 0.170. The summed E-state index contributed by atoms with van der Waals surface area (Å²) < 4.78 is 0. The van der Waals surface area contributed by atoms with Crippen molar-refractivity contribution in [3.05, 3.63) is 83.5 Å². The van der Waals surface area contributed by atoms with Gasteiger partial charge in [0.25, 0.3) is 0 Å². The number of aromatic hydroxyl groups is 3. The molecule has 0 radical (unpaired) electrons. The molecular weight excluding hydrogens is 703 g/mol. The molecule has 1 saturated heterocycles. The minimum Gasteiger partial charge on any atom is -0.507 e. The third kappa shape index (κ3) is 9.09. The fourth-order valence-electron chi connectivity index (χ4n) is 10.6. The molecule has 4 rings (SSSR count). The van der Waals surface area contributed by atoms with E-state index in [-0.39, 0.29) is 16.2 Å². The highest BCUT2D eigenvalue weighted by atomic mass is 16.3. The second-order valence-electron chi connectivity index (χ2n) is 20.1. The Labute approximate surface area is 348 Å². The van der Waals surface area contributed by atoms with Crippen molar-refractivity contribution in [2.24, 2.45) is 0 Å². The molecule has 3 aromatic carbocycles. The largest absolute Gasteiger partial charge is 0.507 e. The van der Waals surface area contributed by atoms with Gasteiger partial charge in [-0.15, -0.1) is 0 Å². The first-order valence-corrected chi connectivity index (χ1v) is 22.2. The van der Waals surface area contributed by atoms with E-state index in [2.05, 4.69) is 139 Å². The van der Waals surface area contributed by atoms with Crippen molar-refractivity contribution >= 4 is 0 Å². The van der Waals surface area contributed by atoms with Gasteiger partial charge in [0.2, 0.25) is 0 Å². The topological polar surface area (TPSA) is 70.4 Å². The normalized spacial score (nSPS) is 15.3. The lowest BCUT2D eigenvalue weighted by molar-refractivity contribution is -0.0428. The summed E-state index contributed by atoms with van der Waals surface area (Å²) in [6.45, 7) is 44.2. The number of rotatable bonds is 12. The lowest BCUT2D eigenvalue weighted by Crippen LogP contribution is -2.54. The highest BCUT2D eigenvalue weighted by molar-refractivity contribution is 5.60. The predicted octanol–water partition coefficient (Wildman–Crippen LogP) is 11.7. The molecule has 1 fully saturated rings. The summed E-state index contributed by atoms with van der Waals surface area (Å²) in [4.78, 5) is 7.66. The number of nitrogens with zero attached hydrogens (tertiary/aromatic N) is 3. The van der Waals surface area contributed by atoms with Crippen molar-refractivity contribution in [2.75, 3.05) is 20.0 Å². The minimum absolute atomic E-state index is 0.165. The second-order valence-corrected chi connectivity index (χ2v) is 20.1. The van der Waals surface area contributed by atoms with Crippen LogP contribution in [0, 0.1) is 20.8 Å². The average molecular weight is 784 g/mol. The lowest BCUT2D eigenvalue weighted by atomic mass is 9.77. The number of phenols is 3.